The average Bonchev–Trinajstić information content (AvgIpc) is 3.36. The van der Waals surface area contributed by atoms with E-state index in [2.05, 4.69) is 40.2 Å². The largest absolute Gasteiger partial charge is 0.352 e. The second-order valence-corrected chi connectivity index (χ2v) is 10.0. The zero-order valence-electron chi connectivity index (χ0n) is 21.7. The van der Waals surface area contributed by atoms with Gasteiger partial charge in [0, 0.05) is 37.5 Å². The fourth-order valence-corrected chi connectivity index (χ4v) is 5.35. The number of halogens is 1. The Morgan fingerprint density at radius 1 is 0.947 bits per heavy atom. The van der Waals surface area contributed by atoms with E-state index in [0.717, 1.165) is 53.4 Å². The number of nitrogens with one attached hydrogen (secondary N) is 3. The van der Waals surface area contributed by atoms with E-state index in [4.69, 9.17) is 0 Å². The van der Waals surface area contributed by atoms with E-state index in [1.165, 1.54) is 0 Å². The lowest BCUT2D eigenvalue weighted by Gasteiger charge is -2.28. The monoisotopic (exact) mass is 534 g/mol. The Kier molecular flexibility index (Phi) is 9.02. The minimum absolute atomic E-state index is 0. The number of piperidine rings is 1. The van der Waals surface area contributed by atoms with E-state index in [-0.39, 0.29) is 36.0 Å². The Bertz CT molecular complexity index is 1320. The van der Waals surface area contributed by atoms with Crippen molar-refractivity contribution in [2.75, 3.05) is 19.6 Å². The lowest BCUT2D eigenvalue weighted by Crippen LogP contribution is -2.50. The summed E-state index contributed by atoms with van der Waals surface area (Å²) in [5.74, 6) is -0.330. The van der Waals surface area contributed by atoms with Crippen molar-refractivity contribution < 1.29 is 14.4 Å². The molecule has 2 aliphatic heterocycles. The molecule has 3 aromatic carbocycles. The van der Waals surface area contributed by atoms with E-state index < -0.39 is 6.04 Å². The molecule has 0 saturated carbocycles. The van der Waals surface area contributed by atoms with Gasteiger partial charge in [-0.1, -0.05) is 48.5 Å². The van der Waals surface area contributed by atoms with Gasteiger partial charge in [0.2, 0.25) is 11.8 Å². The number of fused-ring (bicyclic) bond motifs is 2. The van der Waals surface area contributed by atoms with Crippen molar-refractivity contribution in [3.63, 3.8) is 0 Å². The molecular formula is C30H35ClN4O3. The third-order valence-corrected chi connectivity index (χ3v) is 7.42. The zero-order chi connectivity index (χ0) is 25.8. The van der Waals surface area contributed by atoms with E-state index in [0.29, 0.717) is 31.6 Å². The van der Waals surface area contributed by atoms with Crippen molar-refractivity contribution in [1.29, 1.82) is 0 Å². The molecule has 5 rings (SSSR count). The van der Waals surface area contributed by atoms with Gasteiger partial charge in [0.25, 0.3) is 5.91 Å². The maximum Gasteiger partial charge on any atom is 0.251 e. The predicted molar refractivity (Wildman–Crippen MR) is 151 cm³/mol. The van der Waals surface area contributed by atoms with Gasteiger partial charge in [-0.15, -0.1) is 12.4 Å². The highest BCUT2D eigenvalue weighted by molar-refractivity contribution is 5.94. The van der Waals surface area contributed by atoms with Gasteiger partial charge in [-0.25, -0.2) is 0 Å². The molecule has 0 spiro atoms. The zero-order valence-corrected chi connectivity index (χ0v) is 22.5. The number of nitrogens with zero attached hydrogens (tertiary/aromatic N) is 1. The van der Waals surface area contributed by atoms with Crippen molar-refractivity contribution in [1.82, 2.24) is 20.9 Å². The Hall–Kier alpha value is -3.42. The van der Waals surface area contributed by atoms with Crippen LogP contribution in [0.1, 0.15) is 46.8 Å². The molecule has 0 aliphatic carbocycles. The van der Waals surface area contributed by atoms with E-state index in [1.807, 2.05) is 43.3 Å². The van der Waals surface area contributed by atoms with E-state index in [9.17, 15) is 14.4 Å². The van der Waals surface area contributed by atoms with Crippen molar-refractivity contribution >= 4 is 40.9 Å². The lowest BCUT2D eigenvalue weighted by molar-refractivity contribution is -0.138. The molecule has 2 aliphatic rings. The molecular weight excluding hydrogens is 500 g/mol. The molecule has 2 heterocycles. The molecule has 3 amide bonds. The second kappa shape index (κ2) is 12.4. The fraction of sp³-hybridized carbons (Fsp3) is 0.367. The molecule has 0 aromatic heterocycles. The number of amides is 3. The molecule has 1 saturated heterocycles. The molecule has 0 bridgehead atoms. The number of rotatable bonds is 7. The maximum atomic E-state index is 13.8. The lowest BCUT2D eigenvalue weighted by atomic mass is 9.95. The van der Waals surface area contributed by atoms with Crippen LogP contribution in [0.15, 0.2) is 60.7 Å². The Balaban J connectivity index is 0.00000336. The molecule has 3 N–H and O–H groups in total. The van der Waals surface area contributed by atoms with Crippen LogP contribution in [-0.2, 0) is 29.1 Å². The number of hydrogen-bond donors (Lipinski definition) is 3. The summed E-state index contributed by atoms with van der Waals surface area (Å²) >= 11 is 0. The number of hydrogen-bond acceptors (Lipinski definition) is 4. The van der Waals surface area contributed by atoms with Gasteiger partial charge >= 0.3 is 0 Å². The van der Waals surface area contributed by atoms with Gasteiger partial charge in [0.1, 0.15) is 6.04 Å². The molecule has 8 heteroatoms. The Morgan fingerprint density at radius 2 is 1.68 bits per heavy atom. The van der Waals surface area contributed by atoms with Crippen LogP contribution in [0.5, 0.6) is 0 Å². The molecule has 1 atom stereocenters. The standard InChI is InChI=1S/C30H34N4O3.ClH/c1-2-32-28(35)24-9-10-25-18-34(19-26(25)17-24)30(37)27(33-29(36)22-11-13-31-14-12-22)16-20-7-8-21-5-3-4-6-23(21)15-20;/h3-10,15,17,22,27,31H,2,11-14,16,18-19H2,1H3,(H,32,35)(H,33,36);1H. The highest BCUT2D eigenvalue weighted by Gasteiger charge is 2.32. The highest BCUT2D eigenvalue weighted by atomic mass is 35.5. The van der Waals surface area contributed by atoms with Crippen molar-refractivity contribution in [2.45, 2.75) is 45.3 Å². The van der Waals surface area contributed by atoms with Crippen LogP contribution < -0.4 is 16.0 Å². The molecule has 200 valence electrons. The van der Waals surface area contributed by atoms with E-state index >= 15 is 0 Å². The van der Waals surface area contributed by atoms with Crippen LogP contribution >= 0.6 is 12.4 Å². The van der Waals surface area contributed by atoms with Crippen LogP contribution in [0.3, 0.4) is 0 Å². The van der Waals surface area contributed by atoms with Crippen LogP contribution in [0.2, 0.25) is 0 Å². The van der Waals surface area contributed by atoms with Gasteiger partial charge in [-0.05, 0) is 72.5 Å². The fourth-order valence-electron chi connectivity index (χ4n) is 5.35. The SMILES string of the molecule is CCNC(=O)c1ccc2c(c1)CN(C(=O)C(Cc1ccc3ccccc3c1)NC(=O)C1CCNCC1)C2.Cl. The molecule has 7 nitrogen and oxygen atoms in total. The van der Waals surface area contributed by atoms with Crippen LogP contribution in [0, 0.1) is 5.92 Å². The molecule has 3 aromatic rings. The summed E-state index contributed by atoms with van der Waals surface area (Å²) in [6.07, 6.45) is 1.98. The Morgan fingerprint density at radius 3 is 2.45 bits per heavy atom. The first-order valence-electron chi connectivity index (χ1n) is 13.2. The topological polar surface area (TPSA) is 90.5 Å². The first-order chi connectivity index (χ1) is 18.0. The van der Waals surface area contributed by atoms with Crippen molar-refractivity contribution in [2.24, 2.45) is 5.92 Å². The quantitative estimate of drug-likeness (QED) is 0.432. The summed E-state index contributed by atoms with van der Waals surface area (Å²) in [4.78, 5) is 41.1. The van der Waals surface area contributed by atoms with Gasteiger partial charge < -0.3 is 20.9 Å². The number of carbonyl (C=O) groups is 3. The van der Waals surface area contributed by atoms with Gasteiger partial charge in [0.05, 0.1) is 0 Å². The normalized spacial score (nSPS) is 15.9. The minimum Gasteiger partial charge on any atom is -0.352 e. The Labute approximate surface area is 229 Å². The maximum absolute atomic E-state index is 13.8. The van der Waals surface area contributed by atoms with Gasteiger partial charge in [-0.2, -0.15) is 0 Å². The van der Waals surface area contributed by atoms with Crippen molar-refractivity contribution in [3.05, 3.63) is 82.9 Å². The summed E-state index contributed by atoms with van der Waals surface area (Å²) in [6.45, 7) is 4.99. The number of carbonyl (C=O) groups excluding carboxylic acids is 3. The first kappa shape index (κ1) is 27.6. The first-order valence-corrected chi connectivity index (χ1v) is 13.2. The predicted octanol–water partition coefficient (Wildman–Crippen LogP) is 3.58. The van der Waals surface area contributed by atoms with Crippen molar-refractivity contribution in [3.8, 4) is 0 Å². The molecule has 0 radical (unpaired) electrons. The van der Waals surface area contributed by atoms with Crippen LogP contribution in [0.4, 0.5) is 0 Å². The summed E-state index contributed by atoms with van der Waals surface area (Å²) in [5, 5.41) is 11.5. The summed E-state index contributed by atoms with van der Waals surface area (Å²) in [5.41, 5.74) is 3.63. The highest BCUT2D eigenvalue weighted by Crippen LogP contribution is 2.26. The smallest absolute Gasteiger partial charge is 0.251 e. The third kappa shape index (κ3) is 6.17. The summed E-state index contributed by atoms with van der Waals surface area (Å²) in [6, 6.07) is 19.3. The van der Waals surface area contributed by atoms with Gasteiger partial charge in [0.15, 0.2) is 0 Å². The molecule has 38 heavy (non-hydrogen) atoms. The third-order valence-electron chi connectivity index (χ3n) is 7.42. The minimum atomic E-state index is -0.652. The number of benzene rings is 3. The average molecular weight is 535 g/mol. The molecule has 1 fully saturated rings. The van der Waals surface area contributed by atoms with Gasteiger partial charge in [-0.3, -0.25) is 14.4 Å². The summed E-state index contributed by atoms with van der Waals surface area (Å²) in [7, 11) is 0. The summed E-state index contributed by atoms with van der Waals surface area (Å²) < 4.78 is 0. The van der Waals surface area contributed by atoms with Crippen LogP contribution in [0.25, 0.3) is 10.8 Å². The van der Waals surface area contributed by atoms with E-state index in [1.54, 1.807) is 4.90 Å². The van der Waals surface area contributed by atoms with Crippen LogP contribution in [-0.4, -0.2) is 48.3 Å². The molecule has 1 unspecified atom stereocenters. The second-order valence-electron chi connectivity index (χ2n) is 10.0.